The quantitative estimate of drug-likeness (QED) is 0.0202. The van der Waals surface area contributed by atoms with Crippen molar-refractivity contribution in [3.8, 4) is 0 Å². The van der Waals surface area contributed by atoms with Crippen LogP contribution in [0.4, 0.5) is 0 Å². The van der Waals surface area contributed by atoms with E-state index >= 15 is 0 Å². The van der Waals surface area contributed by atoms with Crippen molar-refractivity contribution in [2.75, 3.05) is 19.8 Å². The van der Waals surface area contributed by atoms with Gasteiger partial charge in [-0.3, -0.25) is 18.6 Å². The zero-order chi connectivity index (χ0) is 41.4. The van der Waals surface area contributed by atoms with Crippen LogP contribution >= 0.6 is 7.82 Å². The molecule has 0 aromatic carbocycles. The Morgan fingerprint density at radius 1 is 0.589 bits per heavy atom. The number of amides is 1. The average molecular weight is 812 g/mol. The van der Waals surface area contributed by atoms with Gasteiger partial charge in [0.1, 0.15) is 12.7 Å². The number of allylic oxidation sites excluding steroid dienone is 8. The number of esters is 1. The van der Waals surface area contributed by atoms with Crippen molar-refractivity contribution in [2.45, 2.75) is 193 Å². The fourth-order valence-electron chi connectivity index (χ4n) is 5.74. The fraction of sp³-hybridized carbons (Fsp3) is 0.750. The van der Waals surface area contributed by atoms with Crippen molar-refractivity contribution >= 4 is 25.7 Å². The maximum Gasteiger partial charge on any atom is 0.472 e. The average Bonchev–Trinajstić information content (AvgIpc) is 3.17. The van der Waals surface area contributed by atoms with Crippen LogP contribution in [0.1, 0.15) is 181 Å². The summed E-state index contributed by atoms with van der Waals surface area (Å²) in [5.41, 5.74) is 0. The standard InChI is InChI=1S/C44H78NO10P/c1-3-5-7-9-11-13-15-17-19-20-22-24-26-28-30-32-34-36-43(48)53-37-40(46)38-54-56(51,52)55-39-41(44(49)50)45-42(47)35-33-31-29-27-25-23-21-18-16-14-12-10-8-6-4-2/h6,8,12,14,17-19,21,40-41,46H,3-5,7,9-11,13,15-16,20,22-39H2,1-2H3,(H,45,47)(H,49,50)(H,51,52)/b8-6-,14-12-,19-17-,21-18-. The molecule has 12 heteroatoms. The molecule has 4 N–H and O–H groups in total. The van der Waals surface area contributed by atoms with E-state index in [2.05, 4.69) is 67.8 Å². The smallest absolute Gasteiger partial charge is 0.472 e. The van der Waals surface area contributed by atoms with Gasteiger partial charge in [-0.25, -0.2) is 9.36 Å². The molecule has 0 saturated heterocycles. The summed E-state index contributed by atoms with van der Waals surface area (Å²) in [5, 5.41) is 21.8. The molecular formula is C44H78NO10P. The summed E-state index contributed by atoms with van der Waals surface area (Å²) in [6, 6.07) is -1.56. The van der Waals surface area contributed by atoms with E-state index in [1.54, 1.807) is 0 Å². The van der Waals surface area contributed by atoms with Gasteiger partial charge in [-0.2, -0.15) is 0 Å². The summed E-state index contributed by atoms with van der Waals surface area (Å²) in [5.74, 6) is -2.40. The van der Waals surface area contributed by atoms with Crippen LogP contribution in [0.15, 0.2) is 48.6 Å². The van der Waals surface area contributed by atoms with Crippen LogP contribution < -0.4 is 5.32 Å². The number of carbonyl (C=O) groups is 3. The molecule has 1 amide bonds. The first kappa shape index (κ1) is 53.4. The zero-order valence-electron chi connectivity index (χ0n) is 34.9. The summed E-state index contributed by atoms with van der Waals surface area (Å²) < 4.78 is 26.8. The van der Waals surface area contributed by atoms with Gasteiger partial charge in [-0.15, -0.1) is 0 Å². The highest BCUT2D eigenvalue weighted by molar-refractivity contribution is 7.47. The van der Waals surface area contributed by atoms with Crippen molar-refractivity contribution in [3.63, 3.8) is 0 Å². The molecule has 0 heterocycles. The number of aliphatic carboxylic acids is 1. The van der Waals surface area contributed by atoms with E-state index in [-0.39, 0.29) is 12.8 Å². The van der Waals surface area contributed by atoms with Crippen molar-refractivity contribution < 1.29 is 47.8 Å². The minimum absolute atomic E-state index is 0.124. The van der Waals surface area contributed by atoms with E-state index < -0.39 is 57.6 Å². The van der Waals surface area contributed by atoms with Gasteiger partial charge in [-0.05, 0) is 70.6 Å². The fourth-order valence-corrected chi connectivity index (χ4v) is 6.51. The second-order valence-electron chi connectivity index (χ2n) is 14.5. The number of unbranched alkanes of at least 4 members (excludes halogenated alkanes) is 18. The highest BCUT2D eigenvalue weighted by atomic mass is 31.2. The van der Waals surface area contributed by atoms with E-state index in [0.29, 0.717) is 12.8 Å². The third kappa shape index (κ3) is 38.3. The number of carbonyl (C=O) groups excluding carboxylic acids is 2. The summed E-state index contributed by atoms with van der Waals surface area (Å²) >= 11 is 0. The van der Waals surface area contributed by atoms with Crippen molar-refractivity contribution in [1.82, 2.24) is 5.32 Å². The molecular weight excluding hydrogens is 733 g/mol. The van der Waals surface area contributed by atoms with Gasteiger partial charge in [0.25, 0.3) is 0 Å². The normalized spacial score (nSPS) is 14.2. The predicted octanol–water partition coefficient (Wildman–Crippen LogP) is 11.0. The van der Waals surface area contributed by atoms with E-state index in [1.807, 2.05) is 0 Å². The topological polar surface area (TPSA) is 169 Å². The molecule has 0 aromatic rings. The molecule has 0 aromatic heterocycles. The van der Waals surface area contributed by atoms with Crippen molar-refractivity contribution in [2.24, 2.45) is 0 Å². The van der Waals surface area contributed by atoms with Crippen LogP contribution in [-0.4, -0.2) is 64.9 Å². The molecule has 0 aliphatic heterocycles. The number of carboxylic acid groups (broad SMARTS) is 1. The Bertz CT molecular complexity index is 1140. The predicted molar refractivity (Wildman–Crippen MR) is 226 cm³/mol. The monoisotopic (exact) mass is 812 g/mol. The summed E-state index contributed by atoms with van der Waals surface area (Å²) in [4.78, 5) is 45.9. The van der Waals surface area contributed by atoms with Gasteiger partial charge < -0.3 is 25.2 Å². The number of phosphoric ester groups is 1. The molecule has 11 nitrogen and oxygen atoms in total. The molecule has 0 saturated carbocycles. The molecule has 0 aliphatic rings. The molecule has 0 rings (SSSR count). The number of aliphatic hydroxyl groups is 1. The number of phosphoric acid groups is 1. The SMILES string of the molecule is CC/C=C\C/C=C\C/C=C\CCCCCCCC(=O)NC(COP(=O)(O)OCC(O)COC(=O)CCCCCCCCC/C=C\CCCCCCCC)C(=O)O. The lowest BCUT2D eigenvalue weighted by molar-refractivity contribution is -0.147. The molecule has 0 aliphatic carbocycles. The van der Waals surface area contributed by atoms with Gasteiger partial charge in [0.15, 0.2) is 6.04 Å². The third-order valence-electron chi connectivity index (χ3n) is 9.10. The number of hydrogen-bond donors (Lipinski definition) is 4. The number of aliphatic hydroxyl groups excluding tert-OH is 1. The minimum atomic E-state index is -4.76. The Kier molecular flexibility index (Phi) is 37.5. The Hall–Kier alpha value is -2.56. The van der Waals surface area contributed by atoms with Crippen molar-refractivity contribution in [1.29, 1.82) is 0 Å². The number of hydrogen-bond acceptors (Lipinski definition) is 8. The summed E-state index contributed by atoms with van der Waals surface area (Å²) in [6.07, 6.45) is 42.8. The van der Waals surface area contributed by atoms with E-state index in [4.69, 9.17) is 13.8 Å². The molecule has 0 bridgehead atoms. The molecule has 324 valence electrons. The Morgan fingerprint density at radius 3 is 1.57 bits per heavy atom. The molecule has 0 fully saturated rings. The Morgan fingerprint density at radius 2 is 1.04 bits per heavy atom. The van der Waals surface area contributed by atoms with Gasteiger partial charge in [-0.1, -0.05) is 146 Å². The largest absolute Gasteiger partial charge is 0.480 e. The van der Waals surface area contributed by atoms with Crippen LogP contribution in [0.25, 0.3) is 0 Å². The van der Waals surface area contributed by atoms with Gasteiger partial charge in [0, 0.05) is 12.8 Å². The summed E-state index contributed by atoms with van der Waals surface area (Å²) in [6.45, 7) is 2.45. The van der Waals surface area contributed by atoms with Gasteiger partial charge >= 0.3 is 19.8 Å². The molecule has 0 radical (unpaired) electrons. The maximum atomic E-state index is 12.3. The lowest BCUT2D eigenvalue weighted by atomic mass is 10.1. The van der Waals surface area contributed by atoms with Crippen LogP contribution in [-0.2, 0) is 32.7 Å². The van der Waals surface area contributed by atoms with Crippen LogP contribution in [0, 0.1) is 0 Å². The lowest BCUT2D eigenvalue weighted by Gasteiger charge is -2.18. The zero-order valence-corrected chi connectivity index (χ0v) is 35.8. The number of rotatable bonds is 40. The number of nitrogens with one attached hydrogen (secondary N) is 1. The minimum Gasteiger partial charge on any atom is -0.480 e. The van der Waals surface area contributed by atoms with E-state index in [1.165, 1.54) is 64.2 Å². The van der Waals surface area contributed by atoms with Gasteiger partial charge in [0.2, 0.25) is 5.91 Å². The first-order valence-electron chi connectivity index (χ1n) is 21.7. The van der Waals surface area contributed by atoms with Crippen molar-refractivity contribution in [3.05, 3.63) is 48.6 Å². The van der Waals surface area contributed by atoms with Crippen LogP contribution in [0.3, 0.4) is 0 Å². The second-order valence-corrected chi connectivity index (χ2v) is 16.0. The Labute approximate surface area is 339 Å². The maximum absolute atomic E-state index is 12.3. The van der Waals surface area contributed by atoms with Crippen LogP contribution in [0.5, 0.6) is 0 Å². The second kappa shape index (κ2) is 39.3. The van der Waals surface area contributed by atoms with E-state index in [9.17, 15) is 34.1 Å². The number of carboxylic acids is 1. The lowest BCUT2D eigenvalue weighted by Crippen LogP contribution is -2.43. The van der Waals surface area contributed by atoms with Gasteiger partial charge in [0.05, 0.1) is 13.2 Å². The Balaban J connectivity index is 3.93. The third-order valence-corrected chi connectivity index (χ3v) is 10.1. The highest BCUT2D eigenvalue weighted by Crippen LogP contribution is 2.43. The van der Waals surface area contributed by atoms with Crippen LogP contribution in [0.2, 0.25) is 0 Å². The highest BCUT2D eigenvalue weighted by Gasteiger charge is 2.28. The first-order valence-corrected chi connectivity index (χ1v) is 23.2. The first-order chi connectivity index (χ1) is 27.1. The number of ether oxygens (including phenoxy) is 1. The van der Waals surface area contributed by atoms with E-state index in [0.717, 1.165) is 77.0 Å². The molecule has 0 spiro atoms. The molecule has 3 unspecified atom stereocenters. The molecule has 3 atom stereocenters. The molecule has 56 heavy (non-hydrogen) atoms. The summed E-state index contributed by atoms with van der Waals surface area (Å²) in [7, 11) is -4.76.